The molecule has 128 valence electrons. The molecule has 6 nitrogen and oxygen atoms in total. The van der Waals surface area contributed by atoms with E-state index in [1.54, 1.807) is 6.20 Å². The molecule has 2 aromatic rings. The maximum absolute atomic E-state index is 12.5. The quantitative estimate of drug-likeness (QED) is 0.811. The number of hydrogen-bond donors (Lipinski definition) is 2. The molecule has 0 spiro atoms. The van der Waals surface area contributed by atoms with E-state index in [-0.39, 0.29) is 12.0 Å². The second kappa shape index (κ2) is 7.27. The number of esters is 1. The van der Waals surface area contributed by atoms with Crippen molar-refractivity contribution in [3.8, 4) is 0 Å². The highest BCUT2D eigenvalue weighted by atomic mass is 32.1. The number of methoxy groups -OCH3 is 1. The Bertz CT molecular complexity index is 692. The molecule has 2 aromatic heterocycles. The zero-order chi connectivity index (χ0) is 17.0. The van der Waals surface area contributed by atoms with Crippen LogP contribution >= 0.6 is 11.3 Å². The van der Waals surface area contributed by atoms with Gasteiger partial charge >= 0.3 is 5.97 Å². The van der Waals surface area contributed by atoms with Gasteiger partial charge in [-0.2, -0.15) is 0 Å². The summed E-state index contributed by atoms with van der Waals surface area (Å²) in [6.45, 7) is 2.91. The topological polar surface area (TPSA) is 76.1 Å². The fourth-order valence-corrected chi connectivity index (χ4v) is 3.88. The Balaban J connectivity index is 1.80. The van der Waals surface area contributed by atoms with Gasteiger partial charge < -0.3 is 15.4 Å². The number of anilines is 2. The Morgan fingerprint density at radius 3 is 3.12 bits per heavy atom. The van der Waals surface area contributed by atoms with Gasteiger partial charge in [-0.3, -0.25) is 4.79 Å². The lowest BCUT2D eigenvalue weighted by Gasteiger charge is -2.38. The van der Waals surface area contributed by atoms with E-state index in [1.165, 1.54) is 18.4 Å². The van der Waals surface area contributed by atoms with E-state index in [0.717, 1.165) is 36.0 Å². The fourth-order valence-electron chi connectivity index (χ4n) is 3.34. The lowest BCUT2D eigenvalue weighted by Crippen LogP contribution is -2.48. The fraction of sp³-hybridized carbons (Fsp3) is 0.471. The first-order chi connectivity index (χ1) is 11.6. The van der Waals surface area contributed by atoms with Crippen molar-refractivity contribution in [3.05, 3.63) is 35.5 Å². The van der Waals surface area contributed by atoms with Crippen LogP contribution in [-0.4, -0.2) is 35.6 Å². The Labute approximate surface area is 145 Å². The normalized spacial score (nSPS) is 23.7. The summed E-state index contributed by atoms with van der Waals surface area (Å²) in [5.74, 6) is 0.598. The van der Waals surface area contributed by atoms with Crippen LogP contribution < -0.4 is 10.6 Å². The van der Waals surface area contributed by atoms with Gasteiger partial charge in [-0.05, 0) is 38.4 Å². The summed E-state index contributed by atoms with van der Waals surface area (Å²) in [6, 6.07) is 6.10. The molecule has 2 unspecified atom stereocenters. The van der Waals surface area contributed by atoms with Gasteiger partial charge in [0.05, 0.1) is 12.5 Å². The summed E-state index contributed by atoms with van der Waals surface area (Å²) in [4.78, 5) is 21.3. The van der Waals surface area contributed by atoms with E-state index in [4.69, 9.17) is 4.74 Å². The number of aromatic nitrogens is 2. The van der Waals surface area contributed by atoms with E-state index in [1.807, 2.05) is 23.6 Å². The van der Waals surface area contributed by atoms with E-state index in [0.29, 0.717) is 6.42 Å². The molecule has 0 saturated carbocycles. The molecule has 3 heterocycles. The van der Waals surface area contributed by atoms with Crippen molar-refractivity contribution in [2.45, 2.75) is 32.2 Å². The number of thiazole rings is 1. The molecule has 1 aliphatic heterocycles. The summed E-state index contributed by atoms with van der Waals surface area (Å²) in [5.41, 5.74) is 0.378. The minimum absolute atomic E-state index is 0.143. The van der Waals surface area contributed by atoms with E-state index in [9.17, 15) is 4.79 Å². The number of hydrogen-bond acceptors (Lipinski definition) is 7. The minimum atomic E-state index is -0.508. The molecule has 1 fully saturated rings. The van der Waals surface area contributed by atoms with Gasteiger partial charge in [0.2, 0.25) is 0 Å². The number of carbonyl (C=O) groups is 1. The molecule has 2 atom stereocenters. The van der Waals surface area contributed by atoms with Crippen LogP contribution in [0.1, 0.15) is 25.5 Å². The Hall–Kier alpha value is -1.99. The summed E-state index contributed by atoms with van der Waals surface area (Å²) in [5, 5.41) is 9.30. The largest absolute Gasteiger partial charge is 0.469 e. The lowest BCUT2D eigenvalue weighted by molar-refractivity contribution is -0.155. The number of piperidine rings is 1. The van der Waals surface area contributed by atoms with E-state index < -0.39 is 5.41 Å². The Morgan fingerprint density at radius 1 is 1.54 bits per heavy atom. The molecule has 7 heteroatoms. The highest BCUT2D eigenvalue weighted by molar-refractivity contribution is 7.13. The summed E-state index contributed by atoms with van der Waals surface area (Å²) < 4.78 is 5.11. The van der Waals surface area contributed by atoms with Crippen LogP contribution in [0.15, 0.2) is 29.8 Å². The van der Waals surface area contributed by atoms with Gasteiger partial charge in [0.25, 0.3) is 0 Å². The Morgan fingerprint density at radius 2 is 2.42 bits per heavy atom. The zero-order valence-electron chi connectivity index (χ0n) is 13.9. The predicted octanol–water partition coefficient (Wildman–Crippen LogP) is 2.76. The van der Waals surface area contributed by atoms with Crippen molar-refractivity contribution in [2.75, 3.05) is 19.0 Å². The van der Waals surface area contributed by atoms with Crippen LogP contribution in [0.3, 0.4) is 0 Å². The summed E-state index contributed by atoms with van der Waals surface area (Å²) >= 11 is 1.52. The van der Waals surface area contributed by atoms with Crippen LogP contribution in [0.5, 0.6) is 0 Å². The maximum atomic E-state index is 12.5. The van der Waals surface area contributed by atoms with Crippen LogP contribution in [0.25, 0.3) is 0 Å². The number of ether oxygens (including phenoxy) is 1. The predicted molar refractivity (Wildman–Crippen MR) is 94.5 cm³/mol. The average molecular weight is 346 g/mol. The molecule has 0 radical (unpaired) electrons. The molecule has 0 aromatic carbocycles. The van der Waals surface area contributed by atoms with Crippen LogP contribution in [-0.2, 0) is 16.0 Å². The third-order valence-corrected chi connectivity index (χ3v) is 5.09. The summed E-state index contributed by atoms with van der Waals surface area (Å²) in [6.07, 6.45) is 3.85. The van der Waals surface area contributed by atoms with Crippen molar-refractivity contribution in [2.24, 2.45) is 5.41 Å². The maximum Gasteiger partial charge on any atom is 0.312 e. The first kappa shape index (κ1) is 16.9. The number of nitrogens with one attached hydrogen (secondary N) is 2. The second-order valence-corrected chi connectivity index (χ2v) is 7.13. The van der Waals surface area contributed by atoms with Gasteiger partial charge in [-0.15, -0.1) is 11.3 Å². The molecule has 0 amide bonds. The van der Waals surface area contributed by atoms with Gasteiger partial charge in [-0.25, -0.2) is 9.97 Å². The second-order valence-electron chi connectivity index (χ2n) is 6.23. The number of rotatable bonds is 5. The number of nitrogens with zero attached hydrogens (tertiary/aromatic N) is 2. The third-order valence-electron chi connectivity index (χ3n) is 4.41. The zero-order valence-corrected chi connectivity index (χ0v) is 14.7. The highest BCUT2D eigenvalue weighted by Crippen LogP contribution is 2.36. The molecule has 3 rings (SSSR count). The average Bonchev–Trinajstić information content (AvgIpc) is 3.07. The Kier molecular flexibility index (Phi) is 5.11. The van der Waals surface area contributed by atoms with Crippen molar-refractivity contribution in [1.82, 2.24) is 15.3 Å². The van der Waals surface area contributed by atoms with Crippen molar-refractivity contribution < 1.29 is 9.53 Å². The van der Waals surface area contributed by atoms with Crippen LogP contribution in [0.4, 0.5) is 10.9 Å². The molecule has 0 bridgehead atoms. The summed E-state index contributed by atoms with van der Waals surface area (Å²) in [7, 11) is 1.46. The highest BCUT2D eigenvalue weighted by Gasteiger charge is 2.43. The van der Waals surface area contributed by atoms with Gasteiger partial charge in [0, 0.05) is 29.7 Å². The van der Waals surface area contributed by atoms with Crippen LogP contribution in [0.2, 0.25) is 0 Å². The molecular weight excluding hydrogens is 324 g/mol. The monoisotopic (exact) mass is 346 g/mol. The molecule has 2 N–H and O–H groups in total. The van der Waals surface area contributed by atoms with Gasteiger partial charge in [-0.1, -0.05) is 6.07 Å². The molecule has 0 aliphatic carbocycles. The first-order valence-corrected chi connectivity index (χ1v) is 8.93. The lowest BCUT2D eigenvalue weighted by atomic mass is 9.73. The first-order valence-electron chi connectivity index (χ1n) is 8.05. The standard InChI is InChI=1S/C17H22N4O2S/c1-12-10-17(6-7-18-12,15(22)23-2)11-13-4-3-5-14(20-13)21-16-19-8-9-24-16/h3-5,8-9,12,18H,6-7,10-11H2,1-2H3,(H,19,20,21). The van der Waals surface area contributed by atoms with Crippen molar-refractivity contribution >= 4 is 28.3 Å². The molecule has 24 heavy (non-hydrogen) atoms. The van der Waals surface area contributed by atoms with Crippen molar-refractivity contribution in [3.63, 3.8) is 0 Å². The van der Waals surface area contributed by atoms with E-state index in [2.05, 4.69) is 27.5 Å². The number of pyridine rings is 1. The van der Waals surface area contributed by atoms with Crippen molar-refractivity contribution in [1.29, 1.82) is 0 Å². The van der Waals surface area contributed by atoms with Crippen LogP contribution in [0, 0.1) is 5.41 Å². The molecular formula is C17H22N4O2S. The number of carbonyl (C=O) groups excluding carboxylic acids is 1. The van der Waals surface area contributed by atoms with Gasteiger partial charge in [0.1, 0.15) is 5.82 Å². The molecule has 1 aliphatic rings. The van der Waals surface area contributed by atoms with Gasteiger partial charge in [0.15, 0.2) is 5.13 Å². The minimum Gasteiger partial charge on any atom is -0.469 e. The molecule has 1 saturated heterocycles. The van der Waals surface area contributed by atoms with E-state index >= 15 is 0 Å². The third kappa shape index (κ3) is 3.73. The SMILES string of the molecule is COC(=O)C1(Cc2cccc(Nc3nccs3)n2)CCNC(C)C1. The smallest absolute Gasteiger partial charge is 0.312 e.